The summed E-state index contributed by atoms with van der Waals surface area (Å²) in [5.74, 6) is 1.36. The molecule has 1 unspecified atom stereocenters. The zero-order valence-corrected chi connectivity index (χ0v) is 17.2. The average Bonchev–Trinajstić information content (AvgIpc) is 3.06. The van der Waals surface area contributed by atoms with Gasteiger partial charge < -0.3 is 10.6 Å². The Hall–Kier alpha value is -1.08. The van der Waals surface area contributed by atoms with Crippen LogP contribution >= 0.6 is 35.3 Å². The molecule has 2 rings (SSSR count). The number of benzene rings is 1. The van der Waals surface area contributed by atoms with E-state index in [-0.39, 0.29) is 24.0 Å². The van der Waals surface area contributed by atoms with Crippen LogP contribution in [0.3, 0.4) is 0 Å². The number of aryl methyl sites for hydroxylation is 1. The first-order chi connectivity index (χ1) is 10.7. The maximum Gasteiger partial charge on any atom is 0.191 e. The summed E-state index contributed by atoms with van der Waals surface area (Å²) in [6, 6.07) is 10.9. The zero-order chi connectivity index (χ0) is 15.8. The summed E-state index contributed by atoms with van der Waals surface area (Å²) >= 11 is 1.75. The first kappa shape index (κ1) is 20.0. The van der Waals surface area contributed by atoms with Crippen LogP contribution in [0.1, 0.15) is 29.5 Å². The molecule has 3 nitrogen and oxygen atoms in total. The number of halogens is 1. The number of thiophene rings is 1. The van der Waals surface area contributed by atoms with Crippen molar-refractivity contribution in [2.75, 3.05) is 20.1 Å². The van der Waals surface area contributed by atoms with Crippen molar-refractivity contribution in [2.24, 2.45) is 4.99 Å². The Balaban J connectivity index is 0.00000264. The fourth-order valence-electron chi connectivity index (χ4n) is 2.22. The second-order valence-corrected chi connectivity index (χ2v) is 6.35. The number of hydrogen-bond acceptors (Lipinski definition) is 2. The fourth-order valence-corrected chi connectivity index (χ4v) is 3.01. The summed E-state index contributed by atoms with van der Waals surface area (Å²) < 4.78 is 0. The first-order valence-corrected chi connectivity index (χ1v) is 8.65. The van der Waals surface area contributed by atoms with Crippen LogP contribution in [0, 0.1) is 6.92 Å². The standard InChI is InChI=1S/C18H25N3S.HI/c1-14-4-6-16(7-5-14)8-10-20-18(19-3)21-12-15(2)17-9-11-22-13-17;/h4-7,9,11,13,15H,8,10,12H2,1-3H3,(H2,19,20,21);1H. The van der Waals surface area contributed by atoms with Gasteiger partial charge in [-0.3, -0.25) is 4.99 Å². The molecule has 0 radical (unpaired) electrons. The molecule has 0 saturated heterocycles. The van der Waals surface area contributed by atoms with Gasteiger partial charge in [-0.2, -0.15) is 11.3 Å². The van der Waals surface area contributed by atoms with E-state index in [0.29, 0.717) is 5.92 Å². The number of guanidine groups is 1. The molecule has 0 aliphatic carbocycles. The minimum absolute atomic E-state index is 0. The predicted octanol–water partition coefficient (Wildman–Crippen LogP) is 4.19. The Morgan fingerprint density at radius 3 is 2.52 bits per heavy atom. The van der Waals surface area contributed by atoms with Gasteiger partial charge in [0.25, 0.3) is 0 Å². The quantitative estimate of drug-likeness (QED) is 0.399. The highest BCUT2D eigenvalue weighted by Gasteiger charge is 2.06. The van der Waals surface area contributed by atoms with Crippen LogP contribution in [0.2, 0.25) is 0 Å². The predicted molar refractivity (Wildman–Crippen MR) is 112 cm³/mol. The third kappa shape index (κ3) is 6.91. The summed E-state index contributed by atoms with van der Waals surface area (Å²) in [6.07, 6.45) is 1.00. The van der Waals surface area contributed by atoms with E-state index < -0.39 is 0 Å². The van der Waals surface area contributed by atoms with E-state index in [2.05, 4.69) is 70.6 Å². The second-order valence-electron chi connectivity index (χ2n) is 5.57. The molecule has 0 saturated carbocycles. The lowest BCUT2D eigenvalue weighted by Crippen LogP contribution is -2.39. The van der Waals surface area contributed by atoms with E-state index >= 15 is 0 Å². The second kappa shape index (κ2) is 10.6. The molecule has 1 aromatic carbocycles. The molecule has 2 N–H and O–H groups in total. The highest BCUT2D eigenvalue weighted by atomic mass is 127. The van der Waals surface area contributed by atoms with Gasteiger partial charge in [0.1, 0.15) is 0 Å². The molecule has 0 bridgehead atoms. The van der Waals surface area contributed by atoms with Crippen molar-refractivity contribution in [3.63, 3.8) is 0 Å². The molecule has 1 heterocycles. The van der Waals surface area contributed by atoms with Crippen molar-refractivity contribution in [1.29, 1.82) is 0 Å². The molecule has 126 valence electrons. The molecule has 2 aromatic rings. The lowest BCUT2D eigenvalue weighted by atomic mass is 10.1. The van der Waals surface area contributed by atoms with E-state index in [4.69, 9.17) is 0 Å². The van der Waals surface area contributed by atoms with Gasteiger partial charge in [-0.1, -0.05) is 36.8 Å². The monoisotopic (exact) mass is 443 g/mol. The van der Waals surface area contributed by atoms with Crippen LogP contribution in [0.15, 0.2) is 46.1 Å². The summed E-state index contributed by atoms with van der Waals surface area (Å²) in [4.78, 5) is 4.28. The van der Waals surface area contributed by atoms with Crippen molar-refractivity contribution in [3.05, 3.63) is 57.8 Å². The summed E-state index contributed by atoms with van der Waals surface area (Å²) in [5.41, 5.74) is 4.03. The van der Waals surface area contributed by atoms with Crippen LogP contribution in [-0.4, -0.2) is 26.1 Å². The van der Waals surface area contributed by atoms with E-state index in [1.165, 1.54) is 16.7 Å². The first-order valence-electron chi connectivity index (χ1n) is 7.71. The summed E-state index contributed by atoms with van der Waals surface area (Å²) in [7, 11) is 1.82. The van der Waals surface area contributed by atoms with Crippen LogP contribution in [-0.2, 0) is 6.42 Å². The molecule has 0 amide bonds. The maximum absolute atomic E-state index is 4.28. The number of nitrogens with zero attached hydrogens (tertiary/aromatic N) is 1. The Morgan fingerprint density at radius 2 is 1.91 bits per heavy atom. The highest BCUT2D eigenvalue weighted by molar-refractivity contribution is 14.0. The van der Waals surface area contributed by atoms with E-state index in [1.807, 2.05) is 7.05 Å². The molecule has 23 heavy (non-hydrogen) atoms. The van der Waals surface area contributed by atoms with Crippen molar-refractivity contribution in [2.45, 2.75) is 26.2 Å². The largest absolute Gasteiger partial charge is 0.356 e. The van der Waals surface area contributed by atoms with E-state index in [0.717, 1.165) is 25.5 Å². The van der Waals surface area contributed by atoms with Gasteiger partial charge in [-0.05, 0) is 47.2 Å². The highest BCUT2D eigenvalue weighted by Crippen LogP contribution is 2.16. The molecule has 1 atom stereocenters. The smallest absolute Gasteiger partial charge is 0.191 e. The third-order valence-corrected chi connectivity index (χ3v) is 4.44. The van der Waals surface area contributed by atoms with Crippen LogP contribution in [0.4, 0.5) is 0 Å². The Labute approximate surface area is 160 Å². The van der Waals surface area contributed by atoms with Gasteiger partial charge in [0.2, 0.25) is 0 Å². The van der Waals surface area contributed by atoms with Gasteiger partial charge in [-0.15, -0.1) is 24.0 Å². The minimum Gasteiger partial charge on any atom is -0.356 e. The molecular weight excluding hydrogens is 417 g/mol. The van der Waals surface area contributed by atoms with E-state index in [1.54, 1.807) is 11.3 Å². The molecule has 0 fully saturated rings. The summed E-state index contributed by atoms with van der Waals surface area (Å²) in [5, 5.41) is 11.1. The molecule has 0 spiro atoms. The summed E-state index contributed by atoms with van der Waals surface area (Å²) in [6.45, 7) is 6.12. The normalized spacial score (nSPS) is 12.4. The molecule has 0 aliphatic heterocycles. The zero-order valence-electron chi connectivity index (χ0n) is 14.0. The van der Waals surface area contributed by atoms with Gasteiger partial charge >= 0.3 is 0 Å². The number of hydrogen-bond donors (Lipinski definition) is 2. The van der Waals surface area contributed by atoms with Crippen LogP contribution in [0.25, 0.3) is 0 Å². The SMILES string of the molecule is CN=C(NCCc1ccc(C)cc1)NCC(C)c1ccsc1.I. The third-order valence-electron chi connectivity index (χ3n) is 3.74. The molecule has 5 heteroatoms. The topological polar surface area (TPSA) is 36.4 Å². The molecule has 1 aromatic heterocycles. The van der Waals surface area contributed by atoms with Gasteiger partial charge in [0.15, 0.2) is 5.96 Å². The minimum atomic E-state index is 0. The van der Waals surface area contributed by atoms with Crippen molar-refractivity contribution < 1.29 is 0 Å². The van der Waals surface area contributed by atoms with E-state index in [9.17, 15) is 0 Å². The lowest BCUT2D eigenvalue weighted by Gasteiger charge is -2.15. The average molecular weight is 443 g/mol. The van der Waals surface area contributed by atoms with Crippen LogP contribution in [0.5, 0.6) is 0 Å². The number of rotatable bonds is 6. The lowest BCUT2D eigenvalue weighted by molar-refractivity contribution is 0.700. The van der Waals surface area contributed by atoms with Crippen molar-refractivity contribution in [1.82, 2.24) is 10.6 Å². The Bertz CT molecular complexity index is 579. The molecular formula is C18H26IN3S. The maximum atomic E-state index is 4.28. The number of nitrogens with one attached hydrogen (secondary N) is 2. The Kier molecular flexibility index (Phi) is 9.24. The van der Waals surface area contributed by atoms with Crippen molar-refractivity contribution >= 4 is 41.3 Å². The fraction of sp³-hybridized carbons (Fsp3) is 0.389. The Morgan fingerprint density at radius 1 is 1.17 bits per heavy atom. The van der Waals surface area contributed by atoms with Gasteiger partial charge in [0, 0.05) is 20.1 Å². The number of aliphatic imine (C=N–C) groups is 1. The van der Waals surface area contributed by atoms with Crippen molar-refractivity contribution in [3.8, 4) is 0 Å². The van der Waals surface area contributed by atoms with Crippen LogP contribution < -0.4 is 10.6 Å². The van der Waals surface area contributed by atoms with Gasteiger partial charge in [-0.25, -0.2) is 0 Å². The molecule has 0 aliphatic rings. The van der Waals surface area contributed by atoms with Gasteiger partial charge in [0.05, 0.1) is 0 Å².